The summed E-state index contributed by atoms with van der Waals surface area (Å²) in [6.07, 6.45) is 1.53. The average molecular weight is 426 g/mol. The summed E-state index contributed by atoms with van der Waals surface area (Å²) in [6, 6.07) is 0. The Balaban J connectivity index is 4.14. The van der Waals surface area contributed by atoms with Gasteiger partial charge >= 0.3 is 5.97 Å². The van der Waals surface area contributed by atoms with Gasteiger partial charge in [-0.05, 0) is 33.6 Å². The summed E-state index contributed by atoms with van der Waals surface area (Å²) >= 11 is 0. The molecule has 0 rings (SSSR count). The molecule has 0 unspecified atom stereocenters. The Labute approximate surface area is 174 Å². The van der Waals surface area contributed by atoms with E-state index in [4.69, 9.17) is 44.2 Å². The highest BCUT2D eigenvalue weighted by molar-refractivity contribution is 5.69. The lowest BCUT2D eigenvalue weighted by atomic mass is 10.1. The van der Waals surface area contributed by atoms with Crippen LogP contribution in [0.2, 0.25) is 0 Å². The molecule has 0 radical (unpaired) electrons. The van der Waals surface area contributed by atoms with Crippen molar-refractivity contribution in [3.8, 4) is 0 Å². The molecule has 0 amide bonds. The lowest BCUT2D eigenvalue weighted by Crippen LogP contribution is -2.53. The number of nitrogens with two attached hydrogens (primary N) is 1. The first-order valence-corrected chi connectivity index (χ1v) is 10.2. The van der Waals surface area contributed by atoms with Crippen LogP contribution in [0.25, 0.3) is 0 Å². The van der Waals surface area contributed by atoms with Crippen molar-refractivity contribution in [2.75, 3.05) is 72.7 Å². The highest BCUT2D eigenvalue weighted by Crippen LogP contribution is 2.06. The summed E-state index contributed by atoms with van der Waals surface area (Å²) in [5.41, 5.74) is 5.56. The standard InChI is InChI=1S/C19H39NO9/c1-4-25-18(21)9-14-24-17-19(20,15-22-10-7-12-28-26-5-2)16-23-11-8-13-29-27-6-3/h4-17,20H2,1-3H3. The van der Waals surface area contributed by atoms with Crippen molar-refractivity contribution in [3.05, 3.63) is 0 Å². The van der Waals surface area contributed by atoms with E-state index in [0.29, 0.717) is 59.1 Å². The number of rotatable bonds is 22. The minimum atomic E-state index is -0.837. The van der Waals surface area contributed by atoms with Crippen LogP contribution in [0.5, 0.6) is 0 Å². The van der Waals surface area contributed by atoms with Crippen molar-refractivity contribution < 1.29 is 43.3 Å². The molecule has 29 heavy (non-hydrogen) atoms. The molecule has 0 aromatic rings. The predicted octanol–water partition coefficient (Wildman–Crippen LogP) is 1.40. The van der Waals surface area contributed by atoms with E-state index in [9.17, 15) is 4.79 Å². The Hall–Kier alpha value is -0.850. The van der Waals surface area contributed by atoms with Crippen molar-refractivity contribution in [1.82, 2.24) is 0 Å². The summed E-state index contributed by atoms with van der Waals surface area (Å²) in [5.74, 6) is -0.300. The first-order chi connectivity index (χ1) is 14.1. The quantitative estimate of drug-likeness (QED) is 0.118. The third kappa shape index (κ3) is 18.9. The summed E-state index contributed by atoms with van der Waals surface area (Å²) in [6.45, 7) is 9.55. The monoisotopic (exact) mass is 425 g/mol. The van der Waals surface area contributed by atoms with E-state index in [1.54, 1.807) is 6.92 Å². The molecule has 2 N–H and O–H groups in total. The van der Waals surface area contributed by atoms with Crippen LogP contribution in [-0.4, -0.2) is 84.2 Å². The Kier molecular flexibility index (Phi) is 19.8. The smallest absolute Gasteiger partial charge is 0.308 e. The molecule has 0 heterocycles. The number of carbonyl (C=O) groups is 1. The van der Waals surface area contributed by atoms with Gasteiger partial charge < -0.3 is 24.7 Å². The lowest BCUT2D eigenvalue weighted by molar-refractivity contribution is -0.292. The van der Waals surface area contributed by atoms with Crippen LogP contribution in [0, 0.1) is 0 Å². The van der Waals surface area contributed by atoms with Gasteiger partial charge in [0.05, 0.1) is 71.4 Å². The van der Waals surface area contributed by atoms with Crippen molar-refractivity contribution >= 4 is 5.97 Å². The summed E-state index contributed by atoms with van der Waals surface area (Å²) < 4.78 is 21.7. The second kappa shape index (κ2) is 20.4. The van der Waals surface area contributed by atoms with E-state index < -0.39 is 5.54 Å². The Morgan fingerprint density at radius 2 is 1.17 bits per heavy atom. The maximum atomic E-state index is 11.4. The fraction of sp³-hybridized carbons (Fsp3) is 0.947. The molecule has 0 spiro atoms. The Morgan fingerprint density at radius 1 is 0.690 bits per heavy atom. The first-order valence-electron chi connectivity index (χ1n) is 10.2. The highest BCUT2D eigenvalue weighted by Gasteiger charge is 2.26. The molecule has 0 aromatic heterocycles. The maximum absolute atomic E-state index is 11.4. The Bertz CT molecular complexity index is 354. The van der Waals surface area contributed by atoms with E-state index >= 15 is 0 Å². The van der Waals surface area contributed by atoms with Crippen molar-refractivity contribution in [3.63, 3.8) is 0 Å². The molecule has 0 bridgehead atoms. The number of hydrogen-bond acceptors (Lipinski definition) is 10. The number of carbonyl (C=O) groups excluding carboxylic acids is 1. The molecule has 0 aliphatic heterocycles. The van der Waals surface area contributed by atoms with E-state index in [1.807, 2.05) is 13.8 Å². The molecule has 0 atom stereocenters. The van der Waals surface area contributed by atoms with Gasteiger partial charge in [-0.1, -0.05) is 0 Å². The molecule has 0 aliphatic carbocycles. The molecule has 174 valence electrons. The van der Waals surface area contributed by atoms with Gasteiger partial charge in [0.25, 0.3) is 0 Å². The van der Waals surface area contributed by atoms with Crippen LogP contribution in [0.1, 0.15) is 40.0 Å². The molecule has 0 fully saturated rings. The predicted molar refractivity (Wildman–Crippen MR) is 105 cm³/mol. The van der Waals surface area contributed by atoms with Crippen LogP contribution in [0.3, 0.4) is 0 Å². The molecule has 10 nitrogen and oxygen atoms in total. The molecular formula is C19H39NO9. The van der Waals surface area contributed by atoms with Gasteiger partial charge in [-0.2, -0.15) is 0 Å². The van der Waals surface area contributed by atoms with Gasteiger partial charge in [-0.15, -0.1) is 0 Å². The normalized spacial score (nSPS) is 11.7. The van der Waals surface area contributed by atoms with Crippen LogP contribution >= 0.6 is 0 Å². The zero-order chi connectivity index (χ0) is 21.6. The van der Waals surface area contributed by atoms with Gasteiger partial charge in [-0.25, -0.2) is 19.6 Å². The zero-order valence-electron chi connectivity index (χ0n) is 18.2. The van der Waals surface area contributed by atoms with Gasteiger partial charge in [0.15, 0.2) is 0 Å². The van der Waals surface area contributed by atoms with Crippen molar-refractivity contribution in [2.45, 2.75) is 45.6 Å². The Morgan fingerprint density at radius 3 is 1.62 bits per heavy atom. The van der Waals surface area contributed by atoms with E-state index in [2.05, 4.69) is 0 Å². The third-order valence-corrected chi connectivity index (χ3v) is 3.36. The number of hydrogen-bond donors (Lipinski definition) is 1. The van der Waals surface area contributed by atoms with Crippen LogP contribution < -0.4 is 5.73 Å². The second-order valence-electron chi connectivity index (χ2n) is 6.24. The SMILES string of the molecule is CCOOCCCOCC(N)(COCCCOOCC)COCCC(=O)OCC. The van der Waals surface area contributed by atoms with Gasteiger partial charge in [0, 0.05) is 13.2 Å². The molecule has 0 aliphatic rings. The van der Waals surface area contributed by atoms with Crippen LogP contribution in [0.15, 0.2) is 0 Å². The van der Waals surface area contributed by atoms with Crippen molar-refractivity contribution in [2.24, 2.45) is 5.73 Å². The molecule has 0 saturated heterocycles. The van der Waals surface area contributed by atoms with Crippen molar-refractivity contribution in [1.29, 1.82) is 0 Å². The highest BCUT2D eigenvalue weighted by atomic mass is 17.2. The molecule has 0 aromatic carbocycles. The number of ether oxygens (including phenoxy) is 4. The average Bonchev–Trinajstić information content (AvgIpc) is 2.70. The van der Waals surface area contributed by atoms with E-state index in [0.717, 1.165) is 0 Å². The zero-order valence-corrected chi connectivity index (χ0v) is 18.2. The van der Waals surface area contributed by atoms with Crippen LogP contribution in [-0.2, 0) is 43.3 Å². The fourth-order valence-electron chi connectivity index (χ4n) is 2.06. The largest absolute Gasteiger partial charge is 0.466 e. The minimum Gasteiger partial charge on any atom is -0.466 e. The summed E-state index contributed by atoms with van der Waals surface area (Å²) in [5, 5.41) is 0. The van der Waals surface area contributed by atoms with E-state index in [-0.39, 0.29) is 38.8 Å². The topological polar surface area (TPSA) is 117 Å². The molecular weight excluding hydrogens is 386 g/mol. The van der Waals surface area contributed by atoms with Gasteiger partial charge in [-0.3, -0.25) is 4.79 Å². The van der Waals surface area contributed by atoms with Gasteiger partial charge in [0.2, 0.25) is 0 Å². The third-order valence-electron chi connectivity index (χ3n) is 3.36. The lowest BCUT2D eigenvalue weighted by Gasteiger charge is -2.29. The van der Waals surface area contributed by atoms with Crippen LogP contribution in [0.4, 0.5) is 0 Å². The fourth-order valence-corrected chi connectivity index (χ4v) is 2.06. The van der Waals surface area contributed by atoms with Gasteiger partial charge in [0.1, 0.15) is 0 Å². The number of esters is 1. The summed E-state index contributed by atoms with van der Waals surface area (Å²) in [4.78, 5) is 30.9. The molecule has 10 heteroatoms. The second-order valence-corrected chi connectivity index (χ2v) is 6.24. The minimum absolute atomic E-state index is 0.176. The summed E-state index contributed by atoms with van der Waals surface area (Å²) in [7, 11) is 0. The maximum Gasteiger partial charge on any atom is 0.308 e. The first kappa shape index (κ1) is 28.1. The van der Waals surface area contributed by atoms with E-state index in [1.165, 1.54) is 0 Å². The molecule has 0 saturated carbocycles.